The molecule has 1 aromatic rings. The zero-order valence-electron chi connectivity index (χ0n) is 10.9. The highest BCUT2D eigenvalue weighted by atomic mass is 16.5. The second kappa shape index (κ2) is 5.26. The molecule has 0 saturated carbocycles. The molecule has 1 aliphatic rings. The van der Waals surface area contributed by atoms with Gasteiger partial charge in [0, 0.05) is 25.2 Å². The number of rotatable bonds is 4. The van der Waals surface area contributed by atoms with E-state index >= 15 is 0 Å². The van der Waals surface area contributed by atoms with Crippen molar-refractivity contribution in [3.05, 3.63) is 24.0 Å². The fourth-order valence-electron chi connectivity index (χ4n) is 2.09. The highest BCUT2D eigenvalue weighted by Crippen LogP contribution is 2.27. The van der Waals surface area contributed by atoms with Gasteiger partial charge in [-0.25, -0.2) is 0 Å². The Bertz CT molecular complexity index is 497. The van der Waals surface area contributed by atoms with Gasteiger partial charge < -0.3 is 14.7 Å². The largest absolute Gasteiger partial charge is 0.494 e. The number of amides is 1. The van der Waals surface area contributed by atoms with E-state index in [4.69, 9.17) is 9.84 Å². The van der Waals surface area contributed by atoms with E-state index in [-0.39, 0.29) is 11.8 Å². The molecule has 19 heavy (non-hydrogen) atoms. The number of aromatic nitrogens is 1. The van der Waals surface area contributed by atoms with Crippen LogP contribution in [0.25, 0.3) is 0 Å². The minimum Gasteiger partial charge on any atom is -0.494 e. The smallest absolute Gasteiger partial charge is 0.306 e. The van der Waals surface area contributed by atoms with E-state index < -0.39 is 11.9 Å². The van der Waals surface area contributed by atoms with E-state index in [1.165, 1.54) is 19.5 Å². The van der Waals surface area contributed by atoms with Crippen LogP contribution >= 0.6 is 0 Å². The second-order valence-electron chi connectivity index (χ2n) is 4.67. The van der Waals surface area contributed by atoms with Crippen molar-refractivity contribution in [3.63, 3.8) is 0 Å². The van der Waals surface area contributed by atoms with Crippen LogP contribution < -0.4 is 4.74 Å². The van der Waals surface area contributed by atoms with Gasteiger partial charge in [-0.1, -0.05) is 6.92 Å². The van der Waals surface area contributed by atoms with Crippen molar-refractivity contribution >= 4 is 11.9 Å². The van der Waals surface area contributed by atoms with Gasteiger partial charge in [0.1, 0.15) is 5.75 Å². The van der Waals surface area contributed by atoms with Crippen LogP contribution in [0.1, 0.15) is 17.3 Å². The number of likely N-dealkylation sites (tertiary alicyclic amines) is 1. The van der Waals surface area contributed by atoms with Gasteiger partial charge >= 0.3 is 5.97 Å². The summed E-state index contributed by atoms with van der Waals surface area (Å²) in [6.45, 7) is 2.61. The van der Waals surface area contributed by atoms with Gasteiger partial charge in [-0.2, -0.15) is 0 Å². The van der Waals surface area contributed by atoms with Crippen LogP contribution in [0, 0.1) is 11.8 Å². The summed E-state index contributed by atoms with van der Waals surface area (Å²) in [5.74, 6) is -0.938. The number of ether oxygens (including phenoxy) is 1. The molecular formula is C13H16N2O4. The number of methoxy groups -OCH3 is 1. The van der Waals surface area contributed by atoms with Gasteiger partial charge in [0.05, 0.1) is 24.8 Å². The van der Waals surface area contributed by atoms with E-state index in [1.54, 1.807) is 17.9 Å². The summed E-state index contributed by atoms with van der Waals surface area (Å²) in [7, 11) is 1.49. The molecule has 6 nitrogen and oxygen atoms in total. The topological polar surface area (TPSA) is 79.7 Å². The molecule has 6 heteroatoms. The predicted molar refractivity (Wildman–Crippen MR) is 67.0 cm³/mol. The summed E-state index contributed by atoms with van der Waals surface area (Å²) in [4.78, 5) is 28.6. The first kappa shape index (κ1) is 13.3. The van der Waals surface area contributed by atoms with Crippen LogP contribution in [-0.4, -0.2) is 47.1 Å². The van der Waals surface area contributed by atoms with Gasteiger partial charge in [-0.3, -0.25) is 14.6 Å². The lowest BCUT2D eigenvalue weighted by Crippen LogP contribution is -2.53. The molecule has 0 aromatic carbocycles. The normalized spacial score (nSPS) is 16.6. The zero-order valence-corrected chi connectivity index (χ0v) is 10.9. The minimum atomic E-state index is -0.821. The van der Waals surface area contributed by atoms with Crippen LogP contribution in [0.2, 0.25) is 0 Å². The van der Waals surface area contributed by atoms with Crippen molar-refractivity contribution in [1.82, 2.24) is 9.88 Å². The number of carbonyl (C=O) groups is 2. The number of aliphatic carboxylic acids is 1. The monoisotopic (exact) mass is 264 g/mol. The van der Waals surface area contributed by atoms with Crippen LogP contribution in [0.3, 0.4) is 0 Å². The third-order valence-electron chi connectivity index (χ3n) is 3.53. The highest BCUT2D eigenvalue weighted by Gasteiger charge is 2.38. The lowest BCUT2D eigenvalue weighted by atomic mass is 9.86. The first-order chi connectivity index (χ1) is 9.04. The molecule has 102 valence electrons. The average Bonchev–Trinajstić information content (AvgIpc) is 2.36. The Hall–Kier alpha value is -2.11. The Kier molecular flexibility index (Phi) is 3.69. The third kappa shape index (κ3) is 2.52. The molecule has 0 spiro atoms. The highest BCUT2D eigenvalue weighted by molar-refractivity contribution is 5.97. The summed E-state index contributed by atoms with van der Waals surface area (Å²) < 4.78 is 5.09. The molecule has 0 aliphatic carbocycles. The molecule has 1 N–H and O–H groups in total. The fourth-order valence-corrected chi connectivity index (χ4v) is 2.09. The first-order valence-electron chi connectivity index (χ1n) is 6.04. The van der Waals surface area contributed by atoms with Gasteiger partial charge in [-0.05, 0) is 6.07 Å². The lowest BCUT2D eigenvalue weighted by Gasteiger charge is -2.41. The molecule has 0 bridgehead atoms. The van der Waals surface area contributed by atoms with Crippen molar-refractivity contribution in [2.24, 2.45) is 11.8 Å². The number of carbonyl (C=O) groups excluding carboxylic acids is 1. The molecule has 2 heterocycles. The summed E-state index contributed by atoms with van der Waals surface area (Å²) in [6.07, 6.45) is 3.03. The molecule has 1 unspecified atom stereocenters. The number of pyridine rings is 1. The number of hydrogen-bond acceptors (Lipinski definition) is 4. The molecule has 1 aliphatic heterocycles. The lowest BCUT2D eigenvalue weighted by molar-refractivity contribution is -0.144. The maximum atomic E-state index is 12.2. The van der Waals surface area contributed by atoms with E-state index in [9.17, 15) is 9.59 Å². The quantitative estimate of drug-likeness (QED) is 0.873. The summed E-state index contributed by atoms with van der Waals surface area (Å²) in [5.41, 5.74) is 0.457. The molecular weight excluding hydrogens is 248 g/mol. The van der Waals surface area contributed by atoms with Gasteiger partial charge in [0.15, 0.2) is 0 Å². The van der Waals surface area contributed by atoms with Gasteiger partial charge in [-0.15, -0.1) is 0 Å². The van der Waals surface area contributed by atoms with E-state index in [0.717, 1.165) is 0 Å². The molecule has 1 atom stereocenters. The summed E-state index contributed by atoms with van der Waals surface area (Å²) >= 11 is 0. The Morgan fingerprint density at radius 3 is 2.79 bits per heavy atom. The summed E-state index contributed by atoms with van der Waals surface area (Å²) in [5, 5.41) is 8.91. The van der Waals surface area contributed by atoms with Crippen LogP contribution in [0.15, 0.2) is 18.5 Å². The molecule has 1 aromatic heterocycles. The number of carboxylic acid groups (broad SMARTS) is 1. The average molecular weight is 264 g/mol. The SMILES string of the molecule is COc1cnccc1C(=O)N1CC(C(C)C(=O)O)C1. The van der Waals surface area contributed by atoms with Crippen molar-refractivity contribution in [2.45, 2.75) is 6.92 Å². The van der Waals surface area contributed by atoms with Crippen LogP contribution in [0.4, 0.5) is 0 Å². The Morgan fingerprint density at radius 1 is 1.53 bits per heavy atom. The number of hydrogen-bond donors (Lipinski definition) is 1. The van der Waals surface area contributed by atoms with Gasteiger partial charge in [0.25, 0.3) is 5.91 Å². The maximum Gasteiger partial charge on any atom is 0.306 e. The van der Waals surface area contributed by atoms with E-state index in [2.05, 4.69) is 4.98 Å². The van der Waals surface area contributed by atoms with Crippen LogP contribution in [0.5, 0.6) is 5.75 Å². The standard InChI is InChI=1S/C13H16N2O4/c1-8(13(17)18)9-6-15(7-9)12(16)10-3-4-14-5-11(10)19-2/h3-5,8-9H,6-7H2,1-2H3,(H,17,18). The maximum absolute atomic E-state index is 12.2. The van der Waals surface area contributed by atoms with Crippen LogP contribution in [-0.2, 0) is 4.79 Å². The molecule has 1 amide bonds. The molecule has 1 saturated heterocycles. The Morgan fingerprint density at radius 2 is 2.21 bits per heavy atom. The zero-order chi connectivity index (χ0) is 14.0. The molecule has 2 rings (SSSR count). The number of carboxylic acids is 1. The fraction of sp³-hybridized carbons (Fsp3) is 0.462. The molecule has 0 radical (unpaired) electrons. The Balaban J connectivity index is 2.02. The van der Waals surface area contributed by atoms with E-state index in [1.807, 2.05) is 0 Å². The summed E-state index contributed by atoms with van der Waals surface area (Å²) in [6, 6.07) is 1.61. The Labute approximate surface area is 111 Å². The number of nitrogens with zero attached hydrogens (tertiary/aromatic N) is 2. The van der Waals surface area contributed by atoms with Crippen molar-refractivity contribution < 1.29 is 19.4 Å². The minimum absolute atomic E-state index is 0.0225. The van der Waals surface area contributed by atoms with Crippen molar-refractivity contribution in [3.8, 4) is 5.75 Å². The van der Waals surface area contributed by atoms with Crippen molar-refractivity contribution in [2.75, 3.05) is 20.2 Å². The van der Waals surface area contributed by atoms with Gasteiger partial charge in [0.2, 0.25) is 0 Å². The van der Waals surface area contributed by atoms with E-state index in [0.29, 0.717) is 24.4 Å². The second-order valence-corrected chi connectivity index (χ2v) is 4.67. The van der Waals surface area contributed by atoms with Crippen molar-refractivity contribution in [1.29, 1.82) is 0 Å². The predicted octanol–water partition coefficient (Wildman–Crippen LogP) is 0.883. The third-order valence-corrected chi connectivity index (χ3v) is 3.53. The molecule has 1 fully saturated rings. The first-order valence-corrected chi connectivity index (χ1v) is 6.04.